The van der Waals surface area contributed by atoms with E-state index in [1.165, 1.54) is 11.3 Å². The molecule has 0 aliphatic heterocycles. The lowest BCUT2D eigenvalue weighted by Crippen LogP contribution is -2.30. The summed E-state index contributed by atoms with van der Waals surface area (Å²) in [5, 5.41) is 16.7. The molecule has 0 spiro atoms. The molecule has 1 atom stereocenters. The molecule has 4 aromatic rings. The quantitative estimate of drug-likeness (QED) is 0.470. The second-order valence-electron chi connectivity index (χ2n) is 6.24. The van der Waals surface area contributed by atoms with Gasteiger partial charge in [-0.15, -0.1) is 21.5 Å². The number of pyridine rings is 1. The number of aryl methyl sites for hydroxylation is 1. The van der Waals surface area contributed by atoms with Crippen molar-refractivity contribution in [2.45, 2.75) is 19.4 Å². The van der Waals surface area contributed by atoms with E-state index in [9.17, 15) is 4.79 Å². The smallest absolute Gasteiger partial charge is 0.263 e. The van der Waals surface area contributed by atoms with Crippen molar-refractivity contribution in [2.24, 2.45) is 0 Å². The van der Waals surface area contributed by atoms with Gasteiger partial charge in [-0.25, -0.2) is 4.98 Å². The normalized spacial score (nSPS) is 12.4. The van der Waals surface area contributed by atoms with Gasteiger partial charge >= 0.3 is 0 Å². The molecule has 4 rings (SSSR count). The Bertz CT molecular complexity index is 1090. The topological polar surface area (TPSA) is 72.2 Å². The van der Waals surface area contributed by atoms with Gasteiger partial charge in [0.15, 0.2) is 11.5 Å². The Morgan fingerprint density at radius 3 is 3.00 bits per heavy atom. The minimum atomic E-state index is -0.219. The van der Waals surface area contributed by atoms with Crippen LogP contribution in [0.25, 0.3) is 16.2 Å². The summed E-state index contributed by atoms with van der Waals surface area (Å²) in [7, 11) is 0. The van der Waals surface area contributed by atoms with Crippen LogP contribution < -0.4 is 5.32 Å². The Hall–Kier alpha value is -2.23. The van der Waals surface area contributed by atoms with Gasteiger partial charge in [0.2, 0.25) is 0 Å². The first-order chi connectivity index (χ1) is 13.7. The van der Waals surface area contributed by atoms with Gasteiger partial charge in [0.05, 0.1) is 11.7 Å². The highest BCUT2D eigenvalue weighted by atomic mass is 32.2. The maximum atomic E-state index is 13.1. The molecule has 6 nitrogen and oxygen atoms in total. The first-order valence-electron chi connectivity index (χ1n) is 8.77. The highest BCUT2D eigenvalue weighted by Crippen LogP contribution is 2.30. The summed E-state index contributed by atoms with van der Waals surface area (Å²) in [6, 6.07) is 7.57. The van der Waals surface area contributed by atoms with Gasteiger partial charge in [-0.3, -0.25) is 9.20 Å². The molecule has 144 valence electrons. The third-order valence-corrected chi connectivity index (χ3v) is 6.87. The number of carbonyl (C=O) groups is 1. The Labute approximate surface area is 175 Å². The van der Waals surface area contributed by atoms with Crippen LogP contribution in [0.1, 0.15) is 33.7 Å². The third kappa shape index (κ3) is 3.82. The SMILES string of the molecule is CSCCC(NC(=O)c1sc(-c2ccsc2)nc1C)c1nnc2ccccn12. The van der Waals surface area contributed by atoms with E-state index >= 15 is 0 Å². The Morgan fingerprint density at radius 1 is 1.32 bits per heavy atom. The summed E-state index contributed by atoms with van der Waals surface area (Å²) in [6.07, 6.45) is 4.76. The van der Waals surface area contributed by atoms with Crippen LogP contribution in [0.15, 0.2) is 41.2 Å². The van der Waals surface area contributed by atoms with Gasteiger partial charge in [-0.05, 0) is 48.9 Å². The largest absolute Gasteiger partial charge is 0.341 e. The summed E-state index contributed by atoms with van der Waals surface area (Å²) >= 11 is 4.79. The minimum absolute atomic E-state index is 0.115. The van der Waals surface area contributed by atoms with E-state index in [1.807, 2.05) is 52.5 Å². The van der Waals surface area contributed by atoms with Gasteiger partial charge < -0.3 is 5.32 Å². The highest BCUT2D eigenvalue weighted by molar-refractivity contribution is 7.98. The summed E-state index contributed by atoms with van der Waals surface area (Å²) in [6.45, 7) is 1.88. The number of nitrogens with zero attached hydrogens (tertiary/aromatic N) is 4. The number of hydrogen-bond donors (Lipinski definition) is 1. The van der Waals surface area contributed by atoms with E-state index in [0.29, 0.717) is 4.88 Å². The van der Waals surface area contributed by atoms with E-state index < -0.39 is 0 Å². The zero-order valence-corrected chi connectivity index (χ0v) is 17.9. The lowest BCUT2D eigenvalue weighted by Gasteiger charge is -2.16. The zero-order chi connectivity index (χ0) is 19.5. The van der Waals surface area contributed by atoms with Crippen LogP contribution in [0.5, 0.6) is 0 Å². The molecular weight excluding hydrogens is 410 g/mol. The van der Waals surface area contributed by atoms with Crippen LogP contribution in [0.3, 0.4) is 0 Å². The lowest BCUT2D eigenvalue weighted by molar-refractivity contribution is 0.0937. The number of thiophene rings is 1. The van der Waals surface area contributed by atoms with Crippen molar-refractivity contribution in [1.29, 1.82) is 0 Å². The first kappa shape index (κ1) is 19.1. The summed E-state index contributed by atoms with van der Waals surface area (Å²) in [5.41, 5.74) is 2.58. The second-order valence-corrected chi connectivity index (χ2v) is 9.00. The number of amides is 1. The Balaban J connectivity index is 1.61. The molecule has 0 bridgehead atoms. The van der Waals surface area contributed by atoms with Crippen LogP contribution >= 0.6 is 34.4 Å². The predicted octanol–water partition coefficient (Wildman–Crippen LogP) is 4.45. The van der Waals surface area contributed by atoms with Gasteiger partial charge in [0, 0.05) is 17.1 Å². The number of thiazole rings is 1. The molecule has 28 heavy (non-hydrogen) atoms. The summed E-state index contributed by atoms with van der Waals surface area (Å²) in [4.78, 5) is 18.3. The summed E-state index contributed by atoms with van der Waals surface area (Å²) in [5.74, 6) is 1.54. The molecule has 0 aliphatic rings. The molecule has 0 radical (unpaired) electrons. The lowest BCUT2D eigenvalue weighted by atomic mass is 10.2. The number of aromatic nitrogens is 4. The predicted molar refractivity (Wildman–Crippen MR) is 116 cm³/mol. The van der Waals surface area contributed by atoms with Crippen molar-refractivity contribution in [3.05, 3.63) is 57.6 Å². The van der Waals surface area contributed by atoms with E-state index in [1.54, 1.807) is 23.1 Å². The molecule has 0 fully saturated rings. The number of rotatable bonds is 7. The van der Waals surface area contributed by atoms with Crippen molar-refractivity contribution in [2.75, 3.05) is 12.0 Å². The number of carbonyl (C=O) groups excluding carboxylic acids is 1. The molecule has 0 saturated carbocycles. The highest BCUT2D eigenvalue weighted by Gasteiger charge is 2.23. The molecule has 0 aliphatic carbocycles. The van der Waals surface area contributed by atoms with Crippen LogP contribution in [0.2, 0.25) is 0 Å². The number of hydrogen-bond acceptors (Lipinski definition) is 7. The Morgan fingerprint density at radius 2 is 2.21 bits per heavy atom. The van der Waals surface area contributed by atoms with Crippen LogP contribution in [-0.4, -0.2) is 37.5 Å². The van der Waals surface area contributed by atoms with E-state index in [4.69, 9.17) is 0 Å². The van der Waals surface area contributed by atoms with E-state index in [-0.39, 0.29) is 11.9 Å². The average Bonchev–Trinajstić information content (AvgIpc) is 3.44. The van der Waals surface area contributed by atoms with Crippen molar-refractivity contribution >= 4 is 46.0 Å². The number of thioether (sulfide) groups is 1. The third-order valence-electron chi connectivity index (χ3n) is 4.34. The second kappa shape index (κ2) is 8.42. The van der Waals surface area contributed by atoms with Crippen LogP contribution in [0.4, 0.5) is 0 Å². The fourth-order valence-corrected chi connectivity index (χ4v) is 5.09. The monoisotopic (exact) mass is 429 g/mol. The van der Waals surface area contributed by atoms with Crippen LogP contribution in [-0.2, 0) is 0 Å². The zero-order valence-electron chi connectivity index (χ0n) is 15.5. The maximum absolute atomic E-state index is 13.1. The van der Waals surface area contributed by atoms with Gasteiger partial charge in [0.1, 0.15) is 9.88 Å². The molecule has 0 aromatic carbocycles. The van der Waals surface area contributed by atoms with E-state index in [2.05, 4.69) is 26.8 Å². The van der Waals surface area contributed by atoms with Gasteiger partial charge in [0.25, 0.3) is 5.91 Å². The fourth-order valence-electron chi connectivity index (χ4n) is 2.94. The van der Waals surface area contributed by atoms with Gasteiger partial charge in [-0.1, -0.05) is 6.07 Å². The average molecular weight is 430 g/mol. The molecule has 1 amide bonds. The molecule has 9 heteroatoms. The molecular formula is C19H19N5OS3. The van der Waals surface area contributed by atoms with Crippen molar-refractivity contribution in [1.82, 2.24) is 24.9 Å². The van der Waals surface area contributed by atoms with Crippen molar-refractivity contribution in [3.63, 3.8) is 0 Å². The van der Waals surface area contributed by atoms with Gasteiger partial charge in [-0.2, -0.15) is 23.1 Å². The molecule has 1 unspecified atom stereocenters. The molecule has 1 N–H and O–H groups in total. The van der Waals surface area contributed by atoms with Crippen molar-refractivity contribution in [3.8, 4) is 10.6 Å². The number of fused-ring (bicyclic) bond motifs is 1. The Kier molecular flexibility index (Phi) is 5.74. The maximum Gasteiger partial charge on any atom is 0.263 e. The first-order valence-corrected chi connectivity index (χ1v) is 11.9. The molecule has 4 aromatic heterocycles. The minimum Gasteiger partial charge on any atom is -0.341 e. The standard InChI is InChI=1S/C19H19N5OS3/c1-12-16(28-19(20-12)13-6-10-27-11-13)18(25)21-14(7-9-26-2)17-23-22-15-5-3-4-8-24(15)17/h3-6,8,10-11,14H,7,9H2,1-2H3,(H,21,25). The molecule has 4 heterocycles. The van der Waals surface area contributed by atoms with Crippen LogP contribution in [0, 0.1) is 6.92 Å². The fraction of sp³-hybridized carbons (Fsp3) is 0.263. The number of nitrogens with one attached hydrogen (secondary N) is 1. The summed E-state index contributed by atoms with van der Waals surface area (Å²) < 4.78 is 1.93. The van der Waals surface area contributed by atoms with Crippen molar-refractivity contribution < 1.29 is 4.79 Å². The van der Waals surface area contributed by atoms with E-state index in [0.717, 1.165) is 39.9 Å². The molecule has 0 saturated heterocycles.